The number of rotatable bonds is 4. The van der Waals surface area contributed by atoms with Gasteiger partial charge >= 0.3 is 0 Å². The van der Waals surface area contributed by atoms with Crippen LogP contribution in [-0.2, 0) is 11.3 Å². The Hall–Kier alpha value is -2.21. The maximum Gasteiger partial charge on any atom is 0.261 e. The van der Waals surface area contributed by atoms with Crippen molar-refractivity contribution in [2.24, 2.45) is 5.41 Å². The van der Waals surface area contributed by atoms with Crippen molar-refractivity contribution in [2.45, 2.75) is 34.2 Å². The number of benzene rings is 1. The van der Waals surface area contributed by atoms with E-state index in [9.17, 15) is 14.0 Å². The van der Waals surface area contributed by atoms with Crippen LogP contribution in [0.1, 0.15) is 41.6 Å². The second kappa shape index (κ2) is 7.13. The number of halogens is 1. The van der Waals surface area contributed by atoms with Crippen LogP contribution in [-0.4, -0.2) is 11.8 Å². The lowest BCUT2D eigenvalue weighted by Gasteiger charge is -2.16. The number of amides is 2. The molecule has 2 N–H and O–H groups in total. The van der Waals surface area contributed by atoms with E-state index in [2.05, 4.69) is 10.6 Å². The summed E-state index contributed by atoms with van der Waals surface area (Å²) in [5, 5.41) is 6.24. The zero-order valence-corrected chi connectivity index (χ0v) is 15.0. The number of thiophene rings is 1. The van der Waals surface area contributed by atoms with Crippen molar-refractivity contribution in [2.75, 3.05) is 5.32 Å². The molecule has 0 saturated heterocycles. The average Bonchev–Trinajstić information content (AvgIpc) is 2.84. The van der Waals surface area contributed by atoms with Crippen LogP contribution >= 0.6 is 11.3 Å². The fourth-order valence-corrected chi connectivity index (χ4v) is 2.96. The predicted molar refractivity (Wildman–Crippen MR) is 94.7 cm³/mol. The van der Waals surface area contributed by atoms with Crippen molar-refractivity contribution in [1.82, 2.24) is 5.32 Å². The number of carbonyl (C=O) groups is 2. The van der Waals surface area contributed by atoms with Crippen molar-refractivity contribution in [1.29, 1.82) is 0 Å². The number of anilines is 1. The van der Waals surface area contributed by atoms with Crippen molar-refractivity contribution in [3.8, 4) is 0 Å². The molecule has 2 aromatic rings. The van der Waals surface area contributed by atoms with Gasteiger partial charge < -0.3 is 10.6 Å². The lowest BCUT2D eigenvalue weighted by molar-refractivity contribution is -0.123. The fraction of sp³-hybridized carbons (Fsp3) is 0.333. The summed E-state index contributed by atoms with van der Waals surface area (Å²) in [4.78, 5) is 24.9. The highest BCUT2D eigenvalue weighted by atomic mass is 32.1. The number of hydrogen-bond donors (Lipinski definition) is 2. The Labute approximate surface area is 145 Å². The molecule has 6 heteroatoms. The van der Waals surface area contributed by atoms with E-state index in [1.165, 1.54) is 23.5 Å². The quantitative estimate of drug-likeness (QED) is 0.873. The van der Waals surface area contributed by atoms with E-state index in [0.717, 1.165) is 5.56 Å². The number of aryl methyl sites for hydroxylation is 1. The highest BCUT2D eigenvalue weighted by Crippen LogP contribution is 2.28. The second-order valence-corrected chi connectivity index (χ2v) is 7.69. The molecular weight excluding hydrogens is 327 g/mol. The highest BCUT2D eigenvalue weighted by Gasteiger charge is 2.23. The molecule has 0 fully saturated rings. The normalized spacial score (nSPS) is 11.2. The van der Waals surface area contributed by atoms with E-state index in [0.29, 0.717) is 15.4 Å². The third-order valence-electron chi connectivity index (χ3n) is 3.38. The molecule has 128 valence electrons. The summed E-state index contributed by atoms with van der Waals surface area (Å²) in [7, 11) is 0. The second-order valence-electron chi connectivity index (χ2n) is 6.64. The highest BCUT2D eigenvalue weighted by molar-refractivity contribution is 7.18. The first-order valence-electron chi connectivity index (χ1n) is 7.61. The molecule has 0 spiro atoms. The fourth-order valence-electron chi connectivity index (χ4n) is 1.98. The lowest BCUT2D eigenvalue weighted by atomic mass is 9.96. The first-order valence-corrected chi connectivity index (χ1v) is 8.43. The summed E-state index contributed by atoms with van der Waals surface area (Å²) in [5.74, 6) is -0.672. The number of hydrogen-bond acceptors (Lipinski definition) is 3. The largest absolute Gasteiger partial charge is 0.347 e. The Balaban J connectivity index is 2.03. The van der Waals surface area contributed by atoms with Gasteiger partial charge in [-0.25, -0.2) is 4.39 Å². The lowest BCUT2D eigenvalue weighted by Crippen LogP contribution is -2.27. The zero-order chi connectivity index (χ0) is 17.9. The van der Waals surface area contributed by atoms with Gasteiger partial charge in [0.2, 0.25) is 5.91 Å². The Morgan fingerprint density at radius 1 is 1.21 bits per heavy atom. The molecule has 0 unspecified atom stereocenters. The summed E-state index contributed by atoms with van der Waals surface area (Å²) in [6.07, 6.45) is 0. The van der Waals surface area contributed by atoms with Crippen LogP contribution in [0, 0.1) is 18.2 Å². The Morgan fingerprint density at radius 2 is 1.92 bits per heavy atom. The van der Waals surface area contributed by atoms with Crippen LogP contribution in [0.15, 0.2) is 30.3 Å². The minimum atomic E-state index is -0.502. The van der Waals surface area contributed by atoms with E-state index in [1.54, 1.807) is 18.2 Å². The Morgan fingerprint density at radius 3 is 2.54 bits per heavy atom. The Kier molecular flexibility index (Phi) is 5.39. The van der Waals surface area contributed by atoms with Crippen LogP contribution in [0.25, 0.3) is 0 Å². The van der Waals surface area contributed by atoms with Crippen LogP contribution in [0.2, 0.25) is 0 Å². The first-order chi connectivity index (χ1) is 11.2. The van der Waals surface area contributed by atoms with Crippen LogP contribution in [0.4, 0.5) is 9.39 Å². The number of carbonyl (C=O) groups excluding carboxylic acids is 2. The average molecular weight is 348 g/mol. The molecule has 1 aromatic carbocycles. The summed E-state index contributed by atoms with van der Waals surface area (Å²) in [6, 6.07) is 7.88. The summed E-state index contributed by atoms with van der Waals surface area (Å²) in [5.41, 5.74) is 0.984. The molecule has 2 rings (SSSR count). The van der Waals surface area contributed by atoms with Gasteiger partial charge in [0.15, 0.2) is 0 Å². The molecule has 0 saturated carbocycles. The van der Waals surface area contributed by atoms with E-state index in [-0.39, 0.29) is 24.2 Å². The first kappa shape index (κ1) is 18.1. The summed E-state index contributed by atoms with van der Waals surface area (Å²) >= 11 is 1.23. The number of nitrogens with one attached hydrogen (secondary N) is 2. The van der Waals surface area contributed by atoms with Gasteiger partial charge in [-0.2, -0.15) is 0 Å². The molecule has 0 bridgehead atoms. The molecule has 0 aliphatic heterocycles. The van der Waals surface area contributed by atoms with Crippen LogP contribution in [0.5, 0.6) is 0 Å². The van der Waals surface area contributed by atoms with Crippen molar-refractivity contribution >= 4 is 28.2 Å². The molecule has 4 nitrogen and oxygen atoms in total. The third kappa shape index (κ3) is 4.64. The van der Waals surface area contributed by atoms with Gasteiger partial charge in [-0.1, -0.05) is 32.9 Å². The van der Waals surface area contributed by atoms with E-state index in [1.807, 2.05) is 27.7 Å². The molecule has 24 heavy (non-hydrogen) atoms. The SMILES string of the molecule is Cc1cc(NC(=O)C(C)(C)C)sc1C(=O)NCc1cccc(F)c1. The maximum absolute atomic E-state index is 13.1. The molecule has 1 heterocycles. The summed E-state index contributed by atoms with van der Waals surface area (Å²) in [6.45, 7) is 7.55. The smallest absolute Gasteiger partial charge is 0.261 e. The third-order valence-corrected chi connectivity index (χ3v) is 4.54. The minimum Gasteiger partial charge on any atom is -0.347 e. The van der Waals surface area contributed by atoms with Crippen molar-refractivity contribution < 1.29 is 14.0 Å². The predicted octanol–water partition coefficient (Wildman–Crippen LogP) is 4.11. The Bertz CT molecular complexity index is 763. The molecular formula is C18H21FN2O2S. The van der Waals surface area contributed by atoms with Gasteiger partial charge in [0.25, 0.3) is 5.91 Å². The van der Waals surface area contributed by atoms with Gasteiger partial charge in [0, 0.05) is 12.0 Å². The van der Waals surface area contributed by atoms with E-state index < -0.39 is 5.41 Å². The minimum absolute atomic E-state index is 0.101. The van der Waals surface area contributed by atoms with E-state index >= 15 is 0 Å². The molecule has 0 aliphatic rings. The van der Waals surface area contributed by atoms with Gasteiger partial charge in [0.1, 0.15) is 5.82 Å². The van der Waals surface area contributed by atoms with Crippen molar-refractivity contribution in [3.05, 3.63) is 52.2 Å². The summed E-state index contributed by atoms with van der Waals surface area (Å²) < 4.78 is 13.1. The van der Waals surface area contributed by atoms with Gasteiger partial charge in [-0.05, 0) is 36.2 Å². The standard InChI is InChI=1S/C18H21FN2O2S/c1-11-8-14(21-17(23)18(2,3)4)24-15(11)16(22)20-10-12-6-5-7-13(19)9-12/h5-9H,10H2,1-4H3,(H,20,22)(H,21,23). The zero-order valence-electron chi connectivity index (χ0n) is 14.2. The van der Waals surface area contributed by atoms with Crippen LogP contribution in [0.3, 0.4) is 0 Å². The molecule has 0 aliphatic carbocycles. The monoisotopic (exact) mass is 348 g/mol. The topological polar surface area (TPSA) is 58.2 Å². The van der Waals surface area contributed by atoms with E-state index in [4.69, 9.17) is 0 Å². The van der Waals surface area contributed by atoms with Gasteiger partial charge in [-0.15, -0.1) is 11.3 Å². The van der Waals surface area contributed by atoms with Gasteiger partial charge in [0.05, 0.1) is 9.88 Å². The molecule has 1 aromatic heterocycles. The molecule has 2 amide bonds. The van der Waals surface area contributed by atoms with Gasteiger partial charge in [-0.3, -0.25) is 9.59 Å². The molecule has 0 radical (unpaired) electrons. The van der Waals surface area contributed by atoms with Crippen molar-refractivity contribution in [3.63, 3.8) is 0 Å². The molecule has 0 atom stereocenters. The van der Waals surface area contributed by atoms with Crippen LogP contribution < -0.4 is 10.6 Å². The maximum atomic E-state index is 13.1.